The van der Waals surface area contributed by atoms with Crippen molar-refractivity contribution in [3.63, 3.8) is 0 Å². The Bertz CT molecular complexity index is 348. The molecule has 0 radical (unpaired) electrons. The number of aliphatic hydroxyl groups excluding tert-OH is 1. The fourth-order valence-electron chi connectivity index (χ4n) is 2.04. The molecule has 0 amide bonds. The number of carbonyl (C=O) groups is 1. The van der Waals surface area contributed by atoms with Crippen LogP contribution in [0.15, 0.2) is 30.3 Å². The van der Waals surface area contributed by atoms with Crippen LogP contribution in [0.4, 0.5) is 0 Å². The molecule has 0 aliphatic carbocycles. The van der Waals surface area contributed by atoms with E-state index in [1.54, 1.807) is 0 Å². The molecule has 0 saturated heterocycles. The molecule has 2 unspecified atom stereocenters. The summed E-state index contributed by atoms with van der Waals surface area (Å²) >= 11 is 0. The summed E-state index contributed by atoms with van der Waals surface area (Å²) in [6, 6.07) is 9.71. The molecule has 0 aliphatic heterocycles. The van der Waals surface area contributed by atoms with Crippen molar-refractivity contribution in [1.29, 1.82) is 0 Å². The van der Waals surface area contributed by atoms with Gasteiger partial charge in [0.1, 0.15) is 0 Å². The molecule has 0 aromatic heterocycles. The maximum absolute atomic E-state index is 11.7. The topological polar surface area (TPSA) is 46.5 Å². The van der Waals surface area contributed by atoms with Crippen molar-refractivity contribution in [2.24, 2.45) is 5.92 Å². The van der Waals surface area contributed by atoms with Gasteiger partial charge in [0.25, 0.3) is 0 Å². The summed E-state index contributed by atoms with van der Waals surface area (Å²) in [4.78, 5) is 11.7. The van der Waals surface area contributed by atoms with Gasteiger partial charge in [-0.3, -0.25) is 4.79 Å². The van der Waals surface area contributed by atoms with E-state index in [-0.39, 0.29) is 5.97 Å². The van der Waals surface area contributed by atoms with E-state index >= 15 is 0 Å². The van der Waals surface area contributed by atoms with Crippen LogP contribution in [0, 0.1) is 5.92 Å². The number of carbonyl (C=O) groups excluding carboxylic acids is 1. The molecule has 0 aliphatic rings. The normalized spacial score (nSPS) is 13.9. The van der Waals surface area contributed by atoms with Crippen molar-refractivity contribution >= 4 is 5.97 Å². The maximum atomic E-state index is 11.7. The Balaban J connectivity index is 2.63. The van der Waals surface area contributed by atoms with E-state index < -0.39 is 12.0 Å². The predicted octanol–water partition coefficient (Wildman–Crippen LogP) is 2.57. The Kier molecular flexibility index (Phi) is 6.44. The van der Waals surface area contributed by atoms with Crippen LogP contribution in [-0.2, 0) is 16.0 Å². The minimum absolute atomic E-state index is 0.313. The van der Waals surface area contributed by atoms with Crippen LogP contribution in [0.3, 0.4) is 0 Å². The highest BCUT2D eigenvalue weighted by molar-refractivity contribution is 5.72. The molecule has 0 fully saturated rings. The van der Waals surface area contributed by atoms with Crippen LogP contribution in [0.5, 0.6) is 0 Å². The molecule has 1 aromatic rings. The predicted molar refractivity (Wildman–Crippen MR) is 71.2 cm³/mol. The van der Waals surface area contributed by atoms with Crippen LogP contribution in [0.2, 0.25) is 0 Å². The Morgan fingerprint density at radius 3 is 2.56 bits per heavy atom. The molecule has 2 atom stereocenters. The number of esters is 1. The van der Waals surface area contributed by atoms with Crippen LogP contribution < -0.4 is 0 Å². The van der Waals surface area contributed by atoms with Crippen LogP contribution >= 0.6 is 0 Å². The van der Waals surface area contributed by atoms with Gasteiger partial charge in [-0.2, -0.15) is 0 Å². The summed E-state index contributed by atoms with van der Waals surface area (Å²) in [6.07, 6.45) is 2.42. The minimum Gasteiger partial charge on any atom is -0.469 e. The summed E-state index contributed by atoms with van der Waals surface area (Å²) in [5.41, 5.74) is 1.04. The average Bonchev–Trinajstić information content (AvgIpc) is 2.40. The van der Waals surface area contributed by atoms with Gasteiger partial charge in [-0.1, -0.05) is 50.1 Å². The summed E-state index contributed by atoms with van der Waals surface area (Å²) < 4.78 is 4.77. The Labute approximate surface area is 109 Å². The highest BCUT2D eigenvalue weighted by Gasteiger charge is 2.27. The summed E-state index contributed by atoms with van der Waals surface area (Å²) in [6.45, 7) is 2.07. The van der Waals surface area contributed by atoms with Gasteiger partial charge in [0, 0.05) is 0 Å². The third-order valence-electron chi connectivity index (χ3n) is 3.12. The number of unbranched alkanes of at least 4 members (excludes halogenated alkanes) is 1. The average molecular weight is 250 g/mol. The van der Waals surface area contributed by atoms with E-state index in [9.17, 15) is 9.90 Å². The molecule has 1 rings (SSSR count). The first-order chi connectivity index (χ1) is 8.69. The van der Waals surface area contributed by atoms with E-state index in [1.807, 2.05) is 30.3 Å². The van der Waals surface area contributed by atoms with Crippen molar-refractivity contribution < 1.29 is 14.6 Å². The zero-order chi connectivity index (χ0) is 13.4. The number of hydrogen-bond donors (Lipinski definition) is 1. The number of benzene rings is 1. The van der Waals surface area contributed by atoms with E-state index in [0.717, 1.165) is 18.4 Å². The van der Waals surface area contributed by atoms with E-state index in [0.29, 0.717) is 12.8 Å². The lowest BCUT2D eigenvalue weighted by Crippen LogP contribution is -2.31. The highest BCUT2D eigenvalue weighted by Crippen LogP contribution is 2.18. The second-order valence-corrected chi connectivity index (χ2v) is 4.53. The van der Waals surface area contributed by atoms with Crippen molar-refractivity contribution in [2.45, 2.75) is 38.7 Å². The van der Waals surface area contributed by atoms with Crippen molar-refractivity contribution in [3.05, 3.63) is 35.9 Å². The maximum Gasteiger partial charge on any atom is 0.311 e. The van der Waals surface area contributed by atoms with Gasteiger partial charge < -0.3 is 9.84 Å². The van der Waals surface area contributed by atoms with E-state index in [1.165, 1.54) is 7.11 Å². The minimum atomic E-state index is -0.675. The van der Waals surface area contributed by atoms with Crippen molar-refractivity contribution in [1.82, 2.24) is 0 Å². The fraction of sp³-hybridized carbons (Fsp3) is 0.533. The third kappa shape index (κ3) is 4.49. The summed E-state index contributed by atoms with van der Waals surface area (Å²) in [7, 11) is 1.37. The molecule has 0 heterocycles. The molecule has 0 saturated carbocycles. The second-order valence-electron chi connectivity index (χ2n) is 4.53. The first-order valence-electron chi connectivity index (χ1n) is 6.48. The zero-order valence-electron chi connectivity index (χ0n) is 11.1. The third-order valence-corrected chi connectivity index (χ3v) is 3.12. The number of methoxy groups -OCH3 is 1. The van der Waals surface area contributed by atoms with Gasteiger partial charge in [-0.05, 0) is 18.4 Å². The smallest absolute Gasteiger partial charge is 0.311 e. The molecule has 3 heteroatoms. The molecular formula is C15H22O3. The first-order valence-corrected chi connectivity index (χ1v) is 6.48. The molecule has 0 bridgehead atoms. The molecule has 3 nitrogen and oxygen atoms in total. The Hall–Kier alpha value is -1.35. The molecular weight excluding hydrogens is 228 g/mol. The first kappa shape index (κ1) is 14.7. The van der Waals surface area contributed by atoms with Crippen LogP contribution in [0.25, 0.3) is 0 Å². The quantitative estimate of drug-likeness (QED) is 0.756. The van der Waals surface area contributed by atoms with Gasteiger partial charge in [-0.15, -0.1) is 0 Å². The molecule has 1 N–H and O–H groups in total. The second kappa shape index (κ2) is 7.88. The van der Waals surface area contributed by atoms with Gasteiger partial charge in [0.15, 0.2) is 0 Å². The standard InChI is InChI=1S/C15H22O3/c1-3-4-10-13(15(17)18-2)14(16)11-12-8-6-5-7-9-12/h5-9,13-14,16H,3-4,10-11H2,1-2H3. The lowest BCUT2D eigenvalue weighted by molar-refractivity contribution is -0.149. The van der Waals surface area contributed by atoms with E-state index in [2.05, 4.69) is 6.92 Å². The Morgan fingerprint density at radius 2 is 2.00 bits per heavy atom. The summed E-state index contributed by atoms with van der Waals surface area (Å²) in [5, 5.41) is 10.2. The van der Waals surface area contributed by atoms with Crippen LogP contribution in [0.1, 0.15) is 31.7 Å². The fourth-order valence-corrected chi connectivity index (χ4v) is 2.04. The van der Waals surface area contributed by atoms with E-state index in [4.69, 9.17) is 4.74 Å². The number of rotatable bonds is 7. The highest BCUT2D eigenvalue weighted by atomic mass is 16.5. The van der Waals surface area contributed by atoms with Gasteiger partial charge in [0.05, 0.1) is 19.1 Å². The summed E-state index contributed by atoms with van der Waals surface area (Å²) in [5.74, 6) is -0.734. The SMILES string of the molecule is CCCCC(C(=O)OC)C(O)Cc1ccccc1. The molecule has 18 heavy (non-hydrogen) atoms. The Morgan fingerprint density at radius 1 is 1.33 bits per heavy atom. The zero-order valence-corrected chi connectivity index (χ0v) is 11.1. The molecule has 0 spiro atoms. The van der Waals surface area contributed by atoms with Gasteiger partial charge in [0.2, 0.25) is 0 Å². The van der Waals surface area contributed by atoms with Crippen LogP contribution in [-0.4, -0.2) is 24.3 Å². The number of aliphatic hydroxyl groups is 1. The molecule has 1 aromatic carbocycles. The van der Waals surface area contributed by atoms with Gasteiger partial charge >= 0.3 is 5.97 Å². The van der Waals surface area contributed by atoms with Gasteiger partial charge in [-0.25, -0.2) is 0 Å². The number of hydrogen-bond acceptors (Lipinski definition) is 3. The molecule has 100 valence electrons. The largest absolute Gasteiger partial charge is 0.469 e. The number of ether oxygens (including phenoxy) is 1. The lowest BCUT2D eigenvalue weighted by atomic mass is 9.91. The van der Waals surface area contributed by atoms with Crippen molar-refractivity contribution in [3.8, 4) is 0 Å². The lowest BCUT2D eigenvalue weighted by Gasteiger charge is -2.20. The monoisotopic (exact) mass is 250 g/mol. The van der Waals surface area contributed by atoms with Crippen molar-refractivity contribution in [2.75, 3.05) is 7.11 Å².